The highest BCUT2D eigenvalue weighted by atomic mass is 16.5. The first-order valence-corrected chi connectivity index (χ1v) is 9.62. The number of rotatable bonds is 5. The van der Waals surface area contributed by atoms with Gasteiger partial charge in [-0.3, -0.25) is 4.79 Å². The number of allylic oxidation sites excluding steroid dienone is 1. The third kappa shape index (κ3) is 3.74. The van der Waals surface area contributed by atoms with E-state index in [2.05, 4.69) is 35.7 Å². The van der Waals surface area contributed by atoms with Crippen LogP contribution in [0.1, 0.15) is 27.9 Å². The second-order valence-corrected chi connectivity index (χ2v) is 6.89. The molecule has 3 aromatic carbocycles. The fourth-order valence-corrected chi connectivity index (χ4v) is 3.72. The van der Waals surface area contributed by atoms with Crippen LogP contribution in [0.25, 0.3) is 17.2 Å². The van der Waals surface area contributed by atoms with Crippen molar-refractivity contribution in [3.8, 4) is 22.6 Å². The van der Waals surface area contributed by atoms with E-state index in [0.29, 0.717) is 22.7 Å². The van der Waals surface area contributed by atoms with Gasteiger partial charge in [-0.05, 0) is 59.4 Å². The molecule has 0 saturated carbocycles. The Morgan fingerprint density at radius 3 is 2.28 bits per heavy atom. The maximum absolute atomic E-state index is 12.8. The van der Waals surface area contributed by atoms with Gasteiger partial charge >= 0.3 is 0 Å². The number of aryl methyl sites for hydroxylation is 1. The molecule has 0 atom stereocenters. The lowest BCUT2D eigenvalue weighted by atomic mass is 9.90. The predicted octanol–water partition coefficient (Wildman–Crippen LogP) is 5.58. The van der Waals surface area contributed by atoms with E-state index in [9.17, 15) is 4.79 Å². The molecule has 146 valence electrons. The summed E-state index contributed by atoms with van der Waals surface area (Å²) in [6, 6.07) is 19.6. The van der Waals surface area contributed by atoms with Gasteiger partial charge in [-0.2, -0.15) is 0 Å². The number of ether oxygens (including phenoxy) is 2. The zero-order chi connectivity index (χ0) is 20.2. The van der Waals surface area contributed by atoms with Gasteiger partial charge in [-0.25, -0.2) is 0 Å². The number of benzene rings is 3. The highest BCUT2D eigenvalue weighted by Gasteiger charge is 2.18. The van der Waals surface area contributed by atoms with E-state index < -0.39 is 0 Å². The van der Waals surface area contributed by atoms with E-state index in [-0.39, 0.29) is 5.91 Å². The molecular formula is C25H23NO3. The van der Waals surface area contributed by atoms with E-state index >= 15 is 0 Å². The van der Waals surface area contributed by atoms with Gasteiger partial charge in [0.05, 0.1) is 14.2 Å². The standard InChI is InChI=1S/C25H23NO3/c1-28-22-11-6-12-23(29-2)24(22)25(27)26-19-15-13-18(14-16-19)21-10-5-8-17-7-3-4-9-20(17)21/h4-6,8-16H,3,7H2,1-2H3,(H,26,27). The first kappa shape index (κ1) is 18.8. The summed E-state index contributed by atoms with van der Waals surface area (Å²) in [6.45, 7) is 0. The van der Waals surface area contributed by atoms with Crippen LogP contribution < -0.4 is 14.8 Å². The van der Waals surface area contributed by atoms with Crippen molar-refractivity contribution in [1.29, 1.82) is 0 Å². The fourth-order valence-electron chi connectivity index (χ4n) is 3.72. The highest BCUT2D eigenvalue weighted by Crippen LogP contribution is 2.32. The number of anilines is 1. The average Bonchev–Trinajstić information content (AvgIpc) is 2.78. The normalized spacial score (nSPS) is 12.2. The van der Waals surface area contributed by atoms with Gasteiger partial charge in [0.25, 0.3) is 5.91 Å². The Bertz CT molecular complexity index is 1050. The molecule has 4 heteroatoms. The molecule has 1 amide bonds. The third-order valence-corrected chi connectivity index (χ3v) is 5.17. The van der Waals surface area contributed by atoms with Crippen molar-refractivity contribution in [2.75, 3.05) is 19.5 Å². The molecular weight excluding hydrogens is 362 g/mol. The zero-order valence-corrected chi connectivity index (χ0v) is 16.6. The molecule has 0 unspecified atom stereocenters. The molecule has 0 radical (unpaired) electrons. The van der Waals surface area contributed by atoms with Crippen molar-refractivity contribution in [3.05, 3.63) is 83.4 Å². The number of amides is 1. The molecule has 0 heterocycles. The SMILES string of the molecule is COc1cccc(OC)c1C(=O)Nc1ccc(-c2cccc3c2C=CCC3)cc1. The average molecular weight is 385 g/mol. The minimum Gasteiger partial charge on any atom is -0.496 e. The molecule has 0 fully saturated rings. The largest absolute Gasteiger partial charge is 0.496 e. The first-order chi connectivity index (χ1) is 14.2. The summed E-state index contributed by atoms with van der Waals surface area (Å²) in [5.41, 5.74) is 6.10. The molecule has 1 aliphatic rings. The molecule has 4 rings (SSSR count). The van der Waals surface area contributed by atoms with Crippen LogP contribution in [0.2, 0.25) is 0 Å². The Morgan fingerprint density at radius 1 is 0.897 bits per heavy atom. The van der Waals surface area contributed by atoms with Gasteiger partial charge in [0.2, 0.25) is 0 Å². The molecule has 1 aliphatic carbocycles. The minimum absolute atomic E-state index is 0.271. The molecule has 29 heavy (non-hydrogen) atoms. The summed E-state index contributed by atoms with van der Waals surface area (Å²) < 4.78 is 10.7. The maximum Gasteiger partial charge on any atom is 0.263 e. The molecule has 0 bridgehead atoms. The van der Waals surface area contributed by atoms with Crippen LogP contribution in [0.15, 0.2) is 66.7 Å². The zero-order valence-electron chi connectivity index (χ0n) is 16.6. The molecule has 0 spiro atoms. The van der Waals surface area contributed by atoms with Gasteiger partial charge in [0.1, 0.15) is 17.1 Å². The second-order valence-electron chi connectivity index (χ2n) is 6.89. The number of hydrogen-bond donors (Lipinski definition) is 1. The number of nitrogens with one attached hydrogen (secondary N) is 1. The quantitative estimate of drug-likeness (QED) is 0.623. The van der Waals surface area contributed by atoms with Crippen LogP contribution in [0.3, 0.4) is 0 Å². The maximum atomic E-state index is 12.8. The highest BCUT2D eigenvalue weighted by molar-refractivity contribution is 6.08. The molecule has 1 N–H and O–H groups in total. The number of methoxy groups -OCH3 is 2. The molecule has 4 nitrogen and oxygen atoms in total. The number of hydrogen-bond acceptors (Lipinski definition) is 3. The van der Waals surface area contributed by atoms with Crippen molar-refractivity contribution < 1.29 is 14.3 Å². The first-order valence-electron chi connectivity index (χ1n) is 9.62. The number of carbonyl (C=O) groups excluding carboxylic acids is 1. The smallest absolute Gasteiger partial charge is 0.263 e. The summed E-state index contributed by atoms with van der Waals surface area (Å²) in [5, 5.41) is 2.94. The van der Waals surface area contributed by atoms with Crippen molar-refractivity contribution in [3.63, 3.8) is 0 Å². The van der Waals surface area contributed by atoms with Crippen molar-refractivity contribution in [2.24, 2.45) is 0 Å². The van der Waals surface area contributed by atoms with Crippen LogP contribution in [0, 0.1) is 0 Å². The van der Waals surface area contributed by atoms with Gasteiger partial charge in [-0.15, -0.1) is 0 Å². The Kier molecular flexibility index (Phi) is 5.34. The Balaban J connectivity index is 1.59. The van der Waals surface area contributed by atoms with Crippen LogP contribution >= 0.6 is 0 Å². The summed E-state index contributed by atoms with van der Waals surface area (Å²) in [7, 11) is 3.07. The van der Waals surface area contributed by atoms with Gasteiger partial charge in [0, 0.05) is 5.69 Å². The molecule has 0 aromatic heterocycles. The lowest BCUT2D eigenvalue weighted by Crippen LogP contribution is -2.14. The lowest BCUT2D eigenvalue weighted by molar-refractivity contribution is 0.102. The van der Waals surface area contributed by atoms with E-state index in [4.69, 9.17) is 9.47 Å². The van der Waals surface area contributed by atoms with Crippen LogP contribution in [-0.2, 0) is 6.42 Å². The van der Waals surface area contributed by atoms with E-state index in [0.717, 1.165) is 18.4 Å². The van der Waals surface area contributed by atoms with E-state index in [1.165, 1.54) is 30.9 Å². The third-order valence-electron chi connectivity index (χ3n) is 5.17. The summed E-state index contributed by atoms with van der Waals surface area (Å²) in [5.74, 6) is 0.675. The van der Waals surface area contributed by atoms with Crippen LogP contribution in [0.4, 0.5) is 5.69 Å². The lowest BCUT2D eigenvalue weighted by Gasteiger charge is -2.16. The van der Waals surface area contributed by atoms with Gasteiger partial charge in [-0.1, -0.05) is 48.6 Å². The van der Waals surface area contributed by atoms with E-state index in [1.54, 1.807) is 18.2 Å². The topological polar surface area (TPSA) is 47.6 Å². The Labute approximate surface area is 170 Å². The number of carbonyl (C=O) groups is 1. The van der Waals surface area contributed by atoms with Gasteiger partial charge < -0.3 is 14.8 Å². The minimum atomic E-state index is -0.271. The summed E-state index contributed by atoms with van der Waals surface area (Å²) >= 11 is 0. The van der Waals surface area contributed by atoms with Crippen LogP contribution in [0.5, 0.6) is 11.5 Å². The van der Waals surface area contributed by atoms with E-state index in [1.807, 2.05) is 24.3 Å². The second kappa shape index (κ2) is 8.23. The summed E-state index contributed by atoms with van der Waals surface area (Å²) in [4.78, 5) is 12.8. The van der Waals surface area contributed by atoms with Gasteiger partial charge in [0.15, 0.2) is 0 Å². The van der Waals surface area contributed by atoms with Crippen molar-refractivity contribution in [2.45, 2.75) is 12.8 Å². The Hall–Kier alpha value is -3.53. The molecule has 0 saturated heterocycles. The molecule has 3 aromatic rings. The van der Waals surface area contributed by atoms with Crippen molar-refractivity contribution in [1.82, 2.24) is 0 Å². The number of fused-ring (bicyclic) bond motifs is 1. The molecule has 0 aliphatic heterocycles. The Morgan fingerprint density at radius 2 is 1.59 bits per heavy atom. The summed E-state index contributed by atoms with van der Waals surface area (Å²) in [6.07, 6.45) is 6.60. The monoisotopic (exact) mass is 385 g/mol. The fraction of sp³-hybridized carbons (Fsp3) is 0.160. The van der Waals surface area contributed by atoms with Crippen molar-refractivity contribution >= 4 is 17.7 Å². The van der Waals surface area contributed by atoms with Crippen LogP contribution in [-0.4, -0.2) is 20.1 Å². The predicted molar refractivity (Wildman–Crippen MR) is 117 cm³/mol.